The predicted molar refractivity (Wildman–Crippen MR) is 144 cm³/mol. The molecule has 1 amide bonds. The van der Waals surface area contributed by atoms with Crippen molar-refractivity contribution in [3.63, 3.8) is 0 Å². The van der Waals surface area contributed by atoms with Gasteiger partial charge in [-0.15, -0.1) is 0 Å². The van der Waals surface area contributed by atoms with Gasteiger partial charge in [-0.05, 0) is 74.2 Å². The third kappa shape index (κ3) is 6.20. The molecule has 0 radical (unpaired) electrons. The summed E-state index contributed by atoms with van der Waals surface area (Å²) in [7, 11) is 0. The normalized spacial score (nSPS) is 18.6. The first kappa shape index (κ1) is 25.6. The Hall–Kier alpha value is -2.49. The van der Waals surface area contributed by atoms with E-state index in [4.69, 9.17) is 33.7 Å². The maximum atomic E-state index is 12.2. The van der Waals surface area contributed by atoms with Gasteiger partial charge in [0.05, 0.1) is 33.0 Å². The summed E-state index contributed by atoms with van der Waals surface area (Å²) in [4.78, 5) is 16.7. The first-order chi connectivity index (χ1) is 16.5. The lowest BCUT2D eigenvalue weighted by Gasteiger charge is -2.22. The Labute approximate surface area is 222 Å². The van der Waals surface area contributed by atoms with Crippen LogP contribution in [0.15, 0.2) is 46.1 Å². The van der Waals surface area contributed by atoms with Gasteiger partial charge in [0, 0.05) is 22.8 Å². The Kier molecular flexibility index (Phi) is 7.49. The number of benzene rings is 1. The summed E-state index contributed by atoms with van der Waals surface area (Å²) in [6.45, 7) is 5.54. The minimum Gasteiger partial charge on any atom is -0.444 e. The molecule has 8 nitrogen and oxygen atoms in total. The largest absolute Gasteiger partial charge is 0.444 e. The second-order valence-electron chi connectivity index (χ2n) is 9.49. The molecule has 1 aliphatic rings. The van der Waals surface area contributed by atoms with Crippen LogP contribution < -0.4 is 16.4 Å². The lowest BCUT2D eigenvalue weighted by atomic mass is 10.1. The lowest BCUT2D eigenvalue weighted by molar-refractivity contribution is 0.0505. The Bertz CT molecular complexity index is 1270. The number of alkyl carbamates (subject to hydrolysis) is 1. The van der Waals surface area contributed by atoms with E-state index in [2.05, 4.69) is 36.7 Å². The van der Waals surface area contributed by atoms with Gasteiger partial charge in [0.2, 0.25) is 0 Å². The molecular formula is C24H27BrCl2N6O2. The first-order valence-electron chi connectivity index (χ1n) is 11.2. The van der Waals surface area contributed by atoms with Gasteiger partial charge in [-0.1, -0.05) is 29.3 Å². The molecular weight excluding hydrogens is 555 g/mol. The van der Waals surface area contributed by atoms with Crippen molar-refractivity contribution in [1.29, 1.82) is 0 Å². The fourth-order valence-corrected chi connectivity index (χ4v) is 4.96. The Morgan fingerprint density at radius 2 is 1.94 bits per heavy atom. The van der Waals surface area contributed by atoms with Crippen molar-refractivity contribution in [2.24, 2.45) is 10.7 Å². The first-order valence-corrected chi connectivity index (χ1v) is 12.8. The molecule has 35 heavy (non-hydrogen) atoms. The van der Waals surface area contributed by atoms with Crippen molar-refractivity contribution < 1.29 is 9.53 Å². The van der Waals surface area contributed by atoms with E-state index in [-0.39, 0.29) is 17.9 Å². The highest BCUT2D eigenvalue weighted by molar-refractivity contribution is 9.10. The molecule has 2 atom stereocenters. The van der Waals surface area contributed by atoms with Gasteiger partial charge in [0.15, 0.2) is 0 Å². The Morgan fingerprint density at radius 1 is 1.26 bits per heavy atom. The molecule has 3 aromatic rings. The number of aromatic nitrogens is 2. The van der Waals surface area contributed by atoms with Gasteiger partial charge >= 0.3 is 6.09 Å². The second-order valence-corrected chi connectivity index (χ2v) is 11.2. The number of nitrogens with two attached hydrogens (primary N) is 1. The summed E-state index contributed by atoms with van der Waals surface area (Å²) in [6, 6.07) is 7.24. The molecule has 0 aliphatic heterocycles. The van der Waals surface area contributed by atoms with E-state index in [1.165, 1.54) is 0 Å². The number of nitrogens with zero attached hydrogens (tertiary/aromatic N) is 3. The zero-order valence-corrected chi connectivity index (χ0v) is 22.7. The monoisotopic (exact) mass is 580 g/mol. The topological polar surface area (TPSA) is 106 Å². The highest BCUT2D eigenvalue weighted by Gasteiger charge is 2.29. The van der Waals surface area contributed by atoms with E-state index >= 15 is 0 Å². The van der Waals surface area contributed by atoms with Gasteiger partial charge in [0.1, 0.15) is 17.1 Å². The lowest BCUT2D eigenvalue weighted by Crippen LogP contribution is -2.38. The quantitative estimate of drug-likeness (QED) is 0.242. The Balaban J connectivity index is 1.61. The number of amides is 1. The number of hydrogen-bond acceptors (Lipinski definition) is 5. The number of para-hydroxylation sites is 1. The summed E-state index contributed by atoms with van der Waals surface area (Å²) in [5, 5.41) is 11.9. The average Bonchev–Trinajstić information content (AvgIpc) is 3.35. The van der Waals surface area contributed by atoms with Crippen LogP contribution in [0.3, 0.4) is 0 Å². The summed E-state index contributed by atoms with van der Waals surface area (Å²) in [5.41, 5.74) is 8.56. The van der Waals surface area contributed by atoms with Crippen LogP contribution >= 0.6 is 39.1 Å². The number of rotatable bonds is 5. The van der Waals surface area contributed by atoms with Crippen molar-refractivity contribution in [2.45, 2.75) is 57.7 Å². The van der Waals surface area contributed by atoms with Crippen molar-refractivity contribution in [2.75, 3.05) is 5.32 Å². The van der Waals surface area contributed by atoms with Crippen molar-refractivity contribution in [3.8, 4) is 0 Å². The van der Waals surface area contributed by atoms with E-state index in [0.29, 0.717) is 21.3 Å². The summed E-state index contributed by atoms with van der Waals surface area (Å²) in [6.07, 6.45) is 5.56. The molecule has 1 aromatic carbocycles. The fraction of sp³-hybridized carbons (Fsp3) is 0.375. The van der Waals surface area contributed by atoms with Gasteiger partial charge < -0.3 is 21.1 Å². The van der Waals surface area contributed by atoms with Crippen LogP contribution in [-0.2, 0) is 4.74 Å². The van der Waals surface area contributed by atoms with Crippen LogP contribution in [-0.4, -0.2) is 39.2 Å². The Morgan fingerprint density at radius 3 is 2.63 bits per heavy atom. The summed E-state index contributed by atoms with van der Waals surface area (Å²) < 4.78 is 8.04. The van der Waals surface area contributed by atoms with Crippen LogP contribution in [0.1, 0.15) is 45.6 Å². The summed E-state index contributed by atoms with van der Waals surface area (Å²) >= 11 is 16.1. The van der Waals surface area contributed by atoms with Crippen LogP contribution in [0.5, 0.6) is 0 Å². The number of anilines is 1. The van der Waals surface area contributed by atoms with Crippen molar-refractivity contribution in [1.82, 2.24) is 14.9 Å². The molecule has 1 saturated carbocycles. The van der Waals surface area contributed by atoms with Crippen molar-refractivity contribution in [3.05, 3.63) is 56.7 Å². The zero-order valence-electron chi connectivity index (χ0n) is 19.6. The maximum Gasteiger partial charge on any atom is 0.407 e. The molecule has 1 aliphatic carbocycles. The summed E-state index contributed by atoms with van der Waals surface area (Å²) in [5.74, 6) is 0.233. The molecule has 2 aromatic heterocycles. The SMILES string of the molecule is CC(C)(C)OC(=O)N[C@H]1CC[C@@H](Nc2c(C(N)=Nc3c(Cl)cccc3Cl)cnn3cc(Br)cc23)C1. The van der Waals surface area contributed by atoms with Gasteiger partial charge in [-0.25, -0.2) is 14.3 Å². The highest BCUT2D eigenvalue weighted by Crippen LogP contribution is 2.34. The molecule has 11 heteroatoms. The second kappa shape index (κ2) is 10.2. The number of hydrogen-bond donors (Lipinski definition) is 3. The zero-order chi connectivity index (χ0) is 25.3. The molecule has 4 rings (SSSR count). The van der Waals surface area contributed by atoms with E-state index in [1.807, 2.05) is 33.0 Å². The minimum absolute atomic E-state index is 0.00938. The van der Waals surface area contributed by atoms with Crippen LogP contribution in [0.2, 0.25) is 10.0 Å². The molecule has 0 saturated heterocycles. The predicted octanol–water partition coefficient (Wildman–Crippen LogP) is 6.30. The minimum atomic E-state index is -0.540. The number of ether oxygens (including phenoxy) is 1. The molecule has 4 N–H and O–H groups in total. The van der Waals surface area contributed by atoms with Crippen LogP contribution in [0.25, 0.3) is 5.52 Å². The van der Waals surface area contributed by atoms with E-state index in [9.17, 15) is 4.79 Å². The number of carbonyl (C=O) groups is 1. The number of halogens is 3. The van der Waals surface area contributed by atoms with Crippen LogP contribution in [0.4, 0.5) is 16.2 Å². The standard InChI is InChI=1S/C24H27BrCl2N6O2/c1-24(2,3)35-23(34)31-15-8-7-14(10-15)30-20-16(11-29-33-12-13(25)9-19(20)33)22(28)32-21-17(26)5-4-6-18(21)27/h4-6,9,11-12,14-15,30H,7-8,10H2,1-3H3,(H2,28,32)(H,31,34)/t14-,15+/m1/s1. The molecule has 0 bridgehead atoms. The smallest absolute Gasteiger partial charge is 0.407 e. The number of amidine groups is 1. The molecule has 0 spiro atoms. The molecule has 0 unspecified atom stereocenters. The number of fused-ring (bicyclic) bond motifs is 1. The van der Waals surface area contributed by atoms with E-state index in [1.54, 1.807) is 28.9 Å². The number of carbonyl (C=O) groups excluding carboxylic acids is 1. The van der Waals surface area contributed by atoms with Crippen molar-refractivity contribution >= 4 is 68.0 Å². The van der Waals surface area contributed by atoms with Gasteiger partial charge in [-0.2, -0.15) is 5.10 Å². The van der Waals surface area contributed by atoms with E-state index < -0.39 is 11.7 Å². The average molecular weight is 582 g/mol. The third-order valence-electron chi connectivity index (χ3n) is 5.55. The maximum absolute atomic E-state index is 12.2. The van der Waals surface area contributed by atoms with Gasteiger partial charge in [-0.3, -0.25) is 0 Å². The molecule has 186 valence electrons. The van der Waals surface area contributed by atoms with Gasteiger partial charge in [0.25, 0.3) is 0 Å². The highest BCUT2D eigenvalue weighted by atomic mass is 79.9. The van der Waals surface area contributed by atoms with E-state index in [0.717, 1.165) is 34.9 Å². The molecule has 2 heterocycles. The number of nitrogens with one attached hydrogen (secondary N) is 2. The fourth-order valence-electron chi connectivity index (χ4n) is 4.07. The number of aliphatic imine (C=N–C) groups is 1. The molecule has 1 fully saturated rings. The van der Waals surface area contributed by atoms with Crippen LogP contribution in [0, 0.1) is 0 Å². The third-order valence-corrected chi connectivity index (χ3v) is 6.60.